The standard InChI is InChI=1S/C39H24N6/c1-3-13-25(14-4-1)43-32-20-10-7-17-27(32)29-23-41-36-35(37(29)43)40-24-30-28-18-8-11-21-33(28)45(38(30)36)39-42-31-19-9-12-22-34(31)44(39)26-15-5-2-6-16-26/h1-24H. The summed E-state index contributed by atoms with van der Waals surface area (Å²) in [5, 5.41) is 4.38. The number of benzene rings is 5. The first-order chi connectivity index (χ1) is 22.4. The summed E-state index contributed by atoms with van der Waals surface area (Å²) in [6.07, 6.45) is 4.03. The van der Waals surface area contributed by atoms with Gasteiger partial charge in [0.05, 0.1) is 33.1 Å². The lowest BCUT2D eigenvalue weighted by Crippen LogP contribution is -2.06. The zero-order chi connectivity index (χ0) is 29.5. The van der Waals surface area contributed by atoms with Gasteiger partial charge in [-0.2, -0.15) is 0 Å². The molecule has 10 rings (SSSR count). The van der Waals surface area contributed by atoms with Gasteiger partial charge >= 0.3 is 0 Å². The maximum absolute atomic E-state index is 5.27. The Hall–Kier alpha value is -6.27. The SMILES string of the molecule is c1ccc(-n2c(-n3c4ccccc4c4cnc5c(ncc6c7ccccc7n(-c7ccccc7)c65)c43)nc3ccccc32)cc1. The van der Waals surface area contributed by atoms with Crippen molar-refractivity contribution < 1.29 is 0 Å². The average molecular weight is 577 g/mol. The van der Waals surface area contributed by atoms with Gasteiger partial charge in [0.2, 0.25) is 5.95 Å². The van der Waals surface area contributed by atoms with Crippen LogP contribution in [0.2, 0.25) is 0 Å². The number of rotatable bonds is 3. The van der Waals surface area contributed by atoms with Crippen molar-refractivity contribution in [2.45, 2.75) is 0 Å². The second kappa shape index (κ2) is 9.11. The molecule has 0 unspecified atom stereocenters. The minimum Gasteiger partial charge on any atom is -0.307 e. The highest BCUT2D eigenvalue weighted by molar-refractivity contribution is 6.23. The Kier molecular flexibility index (Phi) is 4.90. The fraction of sp³-hybridized carbons (Fsp3) is 0. The third kappa shape index (κ3) is 3.30. The fourth-order valence-corrected chi connectivity index (χ4v) is 7.03. The lowest BCUT2D eigenvalue weighted by Gasteiger charge is -2.13. The maximum atomic E-state index is 5.27. The van der Waals surface area contributed by atoms with E-state index in [-0.39, 0.29) is 0 Å². The van der Waals surface area contributed by atoms with Crippen LogP contribution in [-0.4, -0.2) is 28.7 Å². The van der Waals surface area contributed by atoms with Gasteiger partial charge in [-0.15, -0.1) is 0 Å². The third-order valence-electron chi connectivity index (χ3n) is 8.92. The van der Waals surface area contributed by atoms with Crippen molar-refractivity contribution in [1.29, 1.82) is 0 Å². The van der Waals surface area contributed by atoms with E-state index in [0.717, 1.165) is 83.0 Å². The molecule has 0 radical (unpaired) electrons. The first-order valence-electron chi connectivity index (χ1n) is 15.1. The van der Waals surface area contributed by atoms with Crippen LogP contribution in [0.15, 0.2) is 146 Å². The van der Waals surface area contributed by atoms with Gasteiger partial charge in [-0.1, -0.05) is 84.9 Å². The molecule has 0 aliphatic rings. The molecule has 6 heteroatoms. The molecule has 5 aromatic heterocycles. The third-order valence-corrected chi connectivity index (χ3v) is 8.92. The zero-order valence-electron chi connectivity index (χ0n) is 24.0. The molecule has 210 valence electrons. The summed E-state index contributed by atoms with van der Waals surface area (Å²) in [7, 11) is 0. The van der Waals surface area contributed by atoms with E-state index in [0.29, 0.717) is 0 Å². The Balaban J connectivity index is 1.42. The van der Waals surface area contributed by atoms with Crippen molar-refractivity contribution >= 4 is 65.7 Å². The van der Waals surface area contributed by atoms with E-state index in [1.807, 2.05) is 24.5 Å². The normalized spacial score (nSPS) is 12.0. The monoisotopic (exact) mass is 576 g/mol. The van der Waals surface area contributed by atoms with Crippen molar-refractivity contribution in [3.05, 3.63) is 146 Å². The van der Waals surface area contributed by atoms with Crippen LogP contribution in [0.25, 0.3) is 83.0 Å². The number of pyridine rings is 2. The van der Waals surface area contributed by atoms with Crippen molar-refractivity contribution in [3.8, 4) is 17.3 Å². The average Bonchev–Trinajstić information content (AvgIpc) is 3.77. The maximum Gasteiger partial charge on any atom is 0.220 e. The van der Waals surface area contributed by atoms with Crippen LogP contribution in [0.1, 0.15) is 0 Å². The van der Waals surface area contributed by atoms with Gasteiger partial charge in [-0.3, -0.25) is 19.1 Å². The van der Waals surface area contributed by atoms with E-state index in [1.54, 1.807) is 0 Å². The Morgan fingerprint density at radius 1 is 0.378 bits per heavy atom. The van der Waals surface area contributed by atoms with Crippen LogP contribution in [0.3, 0.4) is 0 Å². The predicted molar refractivity (Wildman–Crippen MR) is 183 cm³/mol. The minimum absolute atomic E-state index is 0.812. The number of hydrogen-bond acceptors (Lipinski definition) is 3. The molecule has 5 aromatic carbocycles. The van der Waals surface area contributed by atoms with Gasteiger partial charge < -0.3 is 4.57 Å². The van der Waals surface area contributed by atoms with E-state index < -0.39 is 0 Å². The first kappa shape index (κ1) is 24.2. The summed E-state index contributed by atoms with van der Waals surface area (Å²) in [5.41, 5.74) is 10.0. The summed E-state index contributed by atoms with van der Waals surface area (Å²) in [6.45, 7) is 0. The molecular formula is C39H24N6. The van der Waals surface area contributed by atoms with Crippen LogP contribution < -0.4 is 0 Å². The van der Waals surface area contributed by atoms with Gasteiger partial charge in [-0.05, 0) is 48.5 Å². The highest BCUT2D eigenvalue weighted by Crippen LogP contribution is 2.40. The summed E-state index contributed by atoms with van der Waals surface area (Å²) in [6, 6.07) is 46.3. The van der Waals surface area contributed by atoms with Gasteiger partial charge in [0, 0.05) is 45.3 Å². The van der Waals surface area contributed by atoms with Crippen LogP contribution in [0, 0.1) is 0 Å². The molecule has 0 atom stereocenters. The second-order valence-corrected chi connectivity index (χ2v) is 11.4. The second-order valence-electron chi connectivity index (χ2n) is 11.4. The summed E-state index contributed by atoms with van der Waals surface area (Å²) < 4.78 is 6.84. The summed E-state index contributed by atoms with van der Waals surface area (Å²) in [4.78, 5) is 15.6. The van der Waals surface area contributed by atoms with E-state index in [2.05, 4.69) is 135 Å². The Labute approximate surface area is 257 Å². The van der Waals surface area contributed by atoms with Gasteiger partial charge in [0.15, 0.2) is 0 Å². The molecule has 0 saturated carbocycles. The van der Waals surface area contributed by atoms with Crippen molar-refractivity contribution in [3.63, 3.8) is 0 Å². The first-order valence-corrected chi connectivity index (χ1v) is 15.1. The van der Waals surface area contributed by atoms with E-state index in [1.165, 1.54) is 0 Å². The fourth-order valence-electron chi connectivity index (χ4n) is 7.03. The largest absolute Gasteiger partial charge is 0.307 e. The lowest BCUT2D eigenvalue weighted by atomic mass is 10.1. The lowest BCUT2D eigenvalue weighted by molar-refractivity contribution is 0.956. The molecule has 0 spiro atoms. The highest BCUT2D eigenvalue weighted by atomic mass is 15.3. The van der Waals surface area contributed by atoms with E-state index >= 15 is 0 Å². The van der Waals surface area contributed by atoms with Crippen LogP contribution in [0.5, 0.6) is 0 Å². The van der Waals surface area contributed by atoms with Crippen molar-refractivity contribution in [2.24, 2.45) is 0 Å². The topological polar surface area (TPSA) is 53.5 Å². The number of nitrogens with zero attached hydrogens (tertiary/aromatic N) is 6. The van der Waals surface area contributed by atoms with Gasteiger partial charge in [-0.25, -0.2) is 4.98 Å². The number of para-hydroxylation sites is 6. The van der Waals surface area contributed by atoms with Crippen LogP contribution >= 0.6 is 0 Å². The summed E-state index contributed by atoms with van der Waals surface area (Å²) >= 11 is 0. The summed E-state index contributed by atoms with van der Waals surface area (Å²) in [5.74, 6) is 0.812. The Bertz CT molecular complexity index is 2750. The van der Waals surface area contributed by atoms with E-state index in [4.69, 9.17) is 15.0 Å². The predicted octanol–water partition coefficient (Wildman–Crippen LogP) is 9.16. The van der Waals surface area contributed by atoms with Crippen molar-refractivity contribution in [2.75, 3.05) is 0 Å². The van der Waals surface area contributed by atoms with Crippen LogP contribution in [-0.2, 0) is 0 Å². The molecule has 0 aliphatic carbocycles. The zero-order valence-corrected chi connectivity index (χ0v) is 24.0. The smallest absolute Gasteiger partial charge is 0.220 e. The Morgan fingerprint density at radius 3 is 1.47 bits per heavy atom. The van der Waals surface area contributed by atoms with Gasteiger partial charge in [0.1, 0.15) is 11.0 Å². The van der Waals surface area contributed by atoms with Crippen LogP contribution in [0.4, 0.5) is 0 Å². The molecular weight excluding hydrogens is 552 g/mol. The molecule has 10 aromatic rings. The Morgan fingerprint density at radius 2 is 0.844 bits per heavy atom. The van der Waals surface area contributed by atoms with Gasteiger partial charge in [0.25, 0.3) is 0 Å². The molecule has 0 aliphatic heterocycles. The highest BCUT2D eigenvalue weighted by Gasteiger charge is 2.24. The molecule has 0 saturated heterocycles. The quantitative estimate of drug-likeness (QED) is 0.211. The van der Waals surface area contributed by atoms with E-state index in [9.17, 15) is 0 Å². The minimum atomic E-state index is 0.812. The molecule has 0 bridgehead atoms. The number of hydrogen-bond donors (Lipinski definition) is 0. The molecule has 45 heavy (non-hydrogen) atoms. The molecule has 6 nitrogen and oxygen atoms in total. The number of aromatic nitrogens is 6. The van der Waals surface area contributed by atoms with Crippen molar-refractivity contribution in [1.82, 2.24) is 28.7 Å². The number of fused-ring (bicyclic) bond motifs is 10. The molecule has 0 N–H and O–H groups in total. The molecule has 0 fully saturated rings. The molecule has 0 amide bonds. The molecule has 5 heterocycles. The number of imidazole rings is 1.